The van der Waals surface area contributed by atoms with Gasteiger partial charge in [0.25, 0.3) is 5.91 Å². The number of esters is 1. The summed E-state index contributed by atoms with van der Waals surface area (Å²) in [6, 6.07) is 1.78. The van der Waals surface area contributed by atoms with Gasteiger partial charge in [-0.2, -0.15) is 13.2 Å². The van der Waals surface area contributed by atoms with Gasteiger partial charge in [-0.3, -0.25) is 4.79 Å². The number of ether oxygens (including phenoxy) is 2. The molecule has 0 N–H and O–H groups in total. The van der Waals surface area contributed by atoms with Gasteiger partial charge in [-0.15, -0.1) is 0 Å². The van der Waals surface area contributed by atoms with E-state index in [-0.39, 0.29) is 29.0 Å². The van der Waals surface area contributed by atoms with Crippen molar-refractivity contribution < 1.29 is 40.7 Å². The van der Waals surface area contributed by atoms with Gasteiger partial charge in [0.2, 0.25) is 5.88 Å². The molecule has 2 heterocycles. The minimum absolute atomic E-state index is 0.0301. The zero-order valence-electron chi connectivity index (χ0n) is 16.6. The quantitative estimate of drug-likeness (QED) is 0.570. The Kier molecular flexibility index (Phi) is 7.07. The Bertz CT molecular complexity index is 898. The van der Waals surface area contributed by atoms with Gasteiger partial charge in [0.15, 0.2) is 23.1 Å². The molecule has 172 valence electrons. The lowest BCUT2D eigenvalue weighted by atomic mass is 10.1. The van der Waals surface area contributed by atoms with Crippen molar-refractivity contribution in [1.82, 2.24) is 9.88 Å². The molecule has 1 saturated heterocycles. The number of alkyl halides is 3. The Morgan fingerprint density at radius 1 is 1.13 bits per heavy atom. The van der Waals surface area contributed by atoms with E-state index in [1.165, 1.54) is 6.07 Å². The first-order chi connectivity index (χ1) is 14.5. The van der Waals surface area contributed by atoms with Gasteiger partial charge in [0.05, 0.1) is 17.1 Å². The summed E-state index contributed by atoms with van der Waals surface area (Å²) in [5.41, 5.74) is -0.0528. The molecule has 12 heteroatoms. The minimum Gasteiger partial charge on any atom is -0.468 e. The number of sulfone groups is 1. The Morgan fingerprint density at radius 3 is 2.39 bits per heavy atom. The number of pyridine rings is 1. The Balaban J connectivity index is 1.58. The second-order valence-corrected chi connectivity index (χ2v) is 9.89. The zero-order valence-corrected chi connectivity index (χ0v) is 17.5. The van der Waals surface area contributed by atoms with Crippen LogP contribution in [0.4, 0.5) is 13.2 Å². The van der Waals surface area contributed by atoms with Gasteiger partial charge < -0.3 is 14.4 Å². The molecule has 0 aromatic carbocycles. The first-order valence-corrected chi connectivity index (χ1v) is 11.7. The van der Waals surface area contributed by atoms with Crippen LogP contribution < -0.4 is 4.74 Å². The van der Waals surface area contributed by atoms with E-state index in [2.05, 4.69) is 9.72 Å². The third-order valence-electron chi connectivity index (χ3n) is 5.29. The minimum atomic E-state index is -4.51. The van der Waals surface area contributed by atoms with Crippen LogP contribution in [0.5, 0.6) is 5.88 Å². The van der Waals surface area contributed by atoms with Crippen molar-refractivity contribution in [3.8, 4) is 5.88 Å². The Labute approximate surface area is 177 Å². The van der Waals surface area contributed by atoms with Crippen molar-refractivity contribution >= 4 is 21.7 Å². The lowest BCUT2D eigenvalue weighted by Gasteiger charge is -2.33. The predicted molar refractivity (Wildman–Crippen MR) is 102 cm³/mol. The van der Waals surface area contributed by atoms with Crippen molar-refractivity contribution in [2.75, 3.05) is 24.7 Å². The highest BCUT2D eigenvalue weighted by Gasteiger charge is 2.39. The Hall–Kier alpha value is -2.37. The highest BCUT2D eigenvalue weighted by atomic mass is 32.2. The SMILES string of the molecule is O=C(OCC(=O)N(C1CCCC1)C1CCS(=O)(=O)C1)c1ccc(OCC(F)(F)F)nc1. The molecular formula is C19H23F3N2O6S. The van der Waals surface area contributed by atoms with Gasteiger partial charge >= 0.3 is 12.1 Å². The molecule has 8 nitrogen and oxygen atoms in total. The number of carbonyl (C=O) groups is 2. The lowest BCUT2D eigenvalue weighted by molar-refractivity contribution is -0.154. The molecule has 1 unspecified atom stereocenters. The molecule has 3 rings (SSSR count). The highest BCUT2D eigenvalue weighted by molar-refractivity contribution is 7.91. The Morgan fingerprint density at radius 2 is 1.84 bits per heavy atom. The molecule has 1 atom stereocenters. The summed E-state index contributed by atoms with van der Waals surface area (Å²) in [5.74, 6) is -1.69. The fraction of sp³-hybridized carbons (Fsp3) is 0.632. The first-order valence-electron chi connectivity index (χ1n) is 9.88. The maximum absolute atomic E-state index is 12.8. The summed E-state index contributed by atoms with van der Waals surface area (Å²) in [7, 11) is -3.19. The van der Waals surface area contributed by atoms with Crippen LogP contribution in [0.25, 0.3) is 0 Å². The second-order valence-electron chi connectivity index (χ2n) is 7.66. The summed E-state index contributed by atoms with van der Waals surface area (Å²) < 4.78 is 69.7. The summed E-state index contributed by atoms with van der Waals surface area (Å²) in [6.45, 7) is -2.07. The van der Waals surface area contributed by atoms with Crippen LogP contribution in [0.1, 0.15) is 42.5 Å². The number of hydrogen-bond acceptors (Lipinski definition) is 7. The maximum Gasteiger partial charge on any atom is 0.422 e. The predicted octanol–water partition coefficient (Wildman–Crippen LogP) is 2.14. The fourth-order valence-electron chi connectivity index (χ4n) is 3.91. The van der Waals surface area contributed by atoms with Crippen LogP contribution in [0.15, 0.2) is 18.3 Å². The highest BCUT2D eigenvalue weighted by Crippen LogP contribution is 2.29. The van der Waals surface area contributed by atoms with Crippen LogP contribution in [0.3, 0.4) is 0 Å². The zero-order chi connectivity index (χ0) is 22.6. The van der Waals surface area contributed by atoms with Crippen LogP contribution in [0.2, 0.25) is 0 Å². The van der Waals surface area contributed by atoms with E-state index in [4.69, 9.17) is 4.74 Å². The summed E-state index contributed by atoms with van der Waals surface area (Å²) in [6.07, 6.45) is 0.297. The smallest absolute Gasteiger partial charge is 0.422 e. The van der Waals surface area contributed by atoms with E-state index >= 15 is 0 Å². The molecule has 0 radical (unpaired) electrons. The van der Waals surface area contributed by atoms with Crippen molar-refractivity contribution in [1.29, 1.82) is 0 Å². The fourth-order valence-corrected chi connectivity index (χ4v) is 5.62. The molecule has 1 aromatic heterocycles. The van der Waals surface area contributed by atoms with Crippen molar-refractivity contribution in [2.45, 2.75) is 50.4 Å². The van der Waals surface area contributed by atoms with E-state index in [9.17, 15) is 31.2 Å². The molecule has 1 amide bonds. The van der Waals surface area contributed by atoms with Gasteiger partial charge in [-0.1, -0.05) is 12.8 Å². The van der Waals surface area contributed by atoms with Gasteiger partial charge in [-0.25, -0.2) is 18.2 Å². The summed E-state index contributed by atoms with van der Waals surface area (Å²) in [5, 5.41) is 0. The number of carbonyl (C=O) groups excluding carboxylic acids is 2. The number of hydrogen-bond donors (Lipinski definition) is 0. The number of halogens is 3. The monoisotopic (exact) mass is 464 g/mol. The molecule has 1 aromatic rings. The standard InChI is InChI=1S/C19H23F3N2O6S/c20-19(21,22)12-30-16-6-5-13(9-23-16)18(26)29-10-17(25)24(14-3-1-2-4-14)15-7-8-31(27,28)11-15/h5-6,9,14-15H,1-4,7-8,10-12H2. The average Bonchev–Trinajstić information content (AvgIpc) is 3.34. The number of amides is 1. The molecule has 1 saturated carbocycles. The van der Waals surface area contributed by atoms with Gasteiger partial charge in [0, 0.05) is 24.3 Å². The largest absolute Gasteiger partial charge is 0.468 e. The van der Waals surface area contributed by atoms with Crippen LogP contribution in [0, 0.1) is 0 Å². The lowest BCUT2D eigenvalue weighted by Crippen LogP contribution is -2.48. The number of aromatic nitrogens is 1. The van der Waals surface area contributed by atoms with Crippen molar-refractivity contribution in [2.24, 2.45) is 0 Å². The van der Waals surface area contributed by atoms with Crippen molar-refractivity contribution in [3.05, 3.63) is 23.9 Å². The number of nitrogens with zero attached hydrogens (tertiary/aromatic N) is 2. The average molecular weight is 464 g/mol. The van der Waals surface area contributed by atoms with Crippen molar-refractivity contribution in [3.63, 3.8) is 0 Å². The third-order valence-corrected chi connectivity index (χ3v) is 7.04. The van der Waals surface area contributed by atoms with E-state index in [0.29, 0.717) is 6.42 Å². The topological polar surface area (TPSA) is 103 Å². The normalized spacial score (nSPS) is 21.1. The van der Waals surface area contributed by atoms with Crippen LogP contribution in [-0.2, 0) is 19.4 Å². The first kappa shape index (κ1) is 23.3. The molecule has 0 spiro atoms. The third kappa shape index (κ3) is 6.55. The molecule has 1 aliphatic heterocycles. The molecular weight excluding hydrogens is 441 g/mol. The second kappa shape index (κ2) is 9.41. The van der Waals surface area contributed by atoms with Crippen LogP contribution in [-0.4, -0.2) is 73.2 Å². The number of rotatable bonds is 7. The van der Waals surface area contributed by atoms with E-state index < -0.39 is 47.1 Å². The molecule has 31 heavy (non-hydrogen) atoms. The van der Waals surface area contributed by atoms with E-state index in [1.807, 2.05) is 0 Å². The van der Waals surface area contributed by atoms with E-state index in [0.717, 1.165) is 37.9 Å². The van der Waals surface area contributed by atoms with Gasteiger partial charge in [-0.05, 0) is 25.3 Å². The maximum atomic E-state index is 12.8. The molecule has 1 aliphatic carbocycles. The molecule has 0 bridgehead atoms. The molecule has 2 aliphatic rings. The summed E-state index contributed by atoms with van der Waals surface area (Å²) in [4.78, 5) is 30.2. The molecule has 2 fully saturated rings. The summed E-state index contributed by atoms with van der Waals surface area (Å²) >= 11 is 0. The van der Waals surface area contributed by atoms with E-state index in [1.54, 1.807) is 4.90 Å². The van der Waals surface area contributed by atoms with Crippen LogP contribution >= 0.6 is 0 Å². The van der Waals surface area contributed by atoms with Gasteiger partial charge in [0.1, 0.15) is 0 Å².